The number of rotatable bonds is 9. The summed E-state index contributed by atoms with van der Waals surface area (Å²) in [7, 11) is 0. The molecule has 206 valence electrons. The van der Waals surface area contributed by atoms with Gasteiger partial charge in [0, 0.05) is 5.56 Å². The number of aryl methyl sites for hydroxylation is 4. The van der Waals surface area contributed by atoms with Gasteiger partial charge in [-0.15, -0.1) is 0 Å². The van der Waals surface area contributed by atoms with Gasteiger partial charge in [-0.2, -0.15) is 26.3 Å². The van der Waals surface area contributed by atoms with Crippen LogP contribution in [0.5, 0.6) is 0 Å². The Balaban J connectivity index is 2.00. The van der Waals surface area contributed by atoms with Crippen molar-refractivity contribution >= 4 is 0 Å². The van der Waals surface area contributed by atoms with Crippen LogP contribution in [0.4, 0.5) is 26.3 Å². The van der Waals surface area contributed by atoms with Crippen molar-refractivity contribution in [3.8, 4) is 11.1 Å². The second kappa shape index (κ2) is 11.5. The number of hydrogen-bond donors (Lipinski definition) is 3. The minimum atomic E-state index is -5.95. The van der Waals surface area contributed by atoms with Crippen LogP contribution in [0, 0.1) is 6.92 Å². The van der Waals surface area contributed by atoms with Crippen molar-refractivity contribution in [1.82, 2.24) is 0 Å². The number of halogens is 6. The van der Waals surface area contributed by atoms with Gasteiger partial charge >= 0.3 is 12.4 Å². The smallest absolute Gasteiger partial charge is 0.392 e. The van der Waals surface area contributed by atoms with Crippen LogP contribution < -0.4 is 0 Å². The van der Waals surface area contributed by atoms with Crippen LogP contribution in [0.3, 0.4) is 0 Å². The van der Waals surface area contributed by atoms with E-state index in [1.807, 2.05) is 37.3 Å². The maximum Gasteiger partial charge on any atom is 0.430 e. The normalized spacial score (nSPS) is 12.7. The van der Waals surface area contributed by atoms with Crippen LogP contribution in [0.15, 0.2) is 54.6 Å². The molecule has 0 aliphatic heterocycles. The van der Waals surface area contributed by atoms with Gasteiger partial charge in [-0.3, -0.25) is 0 Å². The van der Waals surface area contributed by atoms with Crippen molar-refractivity contribution in [2.24, 2.45) is 0 Å². The lowest BCUT2D eigenvalue weighted by Crippen LogP contribution is -2.53. The van der Waals surface area contributed by atoms with Crippen LogP contribution >= 0.6 is 0 Å². The molecule has 0 saturated heterocycles. The molecule has 0 atom stereocenters. The Hall–Kier alpha value is -2.88. The van der Waals surface area contributed by atoms with E-state index in [0.717, 1.165) is 22.8 Å². The van der Waals surface area contributed by atoms with E-state index < -0.39 is 23.5 Å². The molecular weight excluding hydrogens is 510 g/mol. The van der Waals surface area contributed by atoms with Crippen molar-refractivity contribution < 1.29 is 41.7 Å². The number of aliphatic hydroxyl groups excluding tert-OH is 2. The van der Waals surface area contributed by atoms with Gasteiger partial charge in [-0.05, 0) is 70.7 Å². The van der Waals surface area contributed by atoms with Crippen molar-refractivity contribution in [3.63, 3.8) is 0 Å². The number of hydrogen-bond acceptors (Lipinski definition) is 3. The zero-order valence-electron chi connectivity index (χ0n) is 21.0. The van der Waals surface area contributed by atoms with Gasteiger partial charge in [0.1, 0.15) is 0 Å². The first kappa shape index (κ1) is 29.7. The predicted molar refractivity (Wildman–Crippen MR) is 132 cm³/mol. The average molecular weight is 541 g/mol. The summed E-state index contributed by atoms with van der Waals surface area (Å²) in [4.78, 5) is 0. The molecule has 0 saturated carbocycles. The van der Waals surface area contributed by atoms with Crippen molar-refractivity contribution in [3.05, 3.63) is 93.5 Å². The topological polar surface area (TPSA) is 60.7 Å². The van der Waals surface area contributed by atoms with E-state index in [1.165, 1.54) is 6.07 Å². The first-order valence-electron chi connectivity index (χ1n) is 12.2. The first-order chi connectivity index (χ1) is 17.8. The van der Waals surface area contributed by atoms with Gasteiger partial charge in [0.05, 0.1) is 13.2 Å². The maximum absolute atomic E-state index is 13.5. The third kappa shape index (κ3) is 5.90. The molecule has 0 heterocycles. The van der Waals surface area contributed by atoms with E-state index >= 15 is 0 Å². The summed E-state index contributed by atoms with van der Waals surface area (Å²) in [6.07, 6.45) is -9.98. The summed E-state index contributed by atoms with van der Waals surface area (Å²) in [6.45, 7) is 3.19. The van der Waals surface area contributed by atoms with Gasteiger partial charge < -0.3 is 15.3 Å². The Kier molecular flexibility index (Phi) is 8.96. The lowest BCUT2D eigenvalue weighted by molar-refractivity contribution is -0.376. The van der Waals surface area contributed by atoms with E-state index in [0.29, 0.717) is 47.6 Å². The fourth-order valence-corrected chi connectivity index (χ4v) is 4.59. The molecule has 9 heteroatoms. The third-order valence-corrected chi connectivity index (χ3v) is 6.77. The summed E-state index contributed by atoms with van der Waals surface area (Å²) in [5.41, 5.74) is -0.816. The molecule has 0 aromatic heterocycles. The molecule has 3 rings (SSSR count). The highest BCUT2D eigenvalue weighted by atomic mass is 19.4. The second-order valence-electron chi connectivity index (χ2n) is 9.40. The molecule has 3 aromatic rings. The van der Waals surface area contributed by atoms with Crippen molar-refractivity contribution in [2.45, 2.75) is 70.7 Å². The van der Waals surface area contributed by atoms with Crippen LogP contribution in [0.25, 0.3) is 11.1 Å². The Morgan fingerprint density at radius 2 is 1.21 bits per heavy atom. The molecule has 0 amide bonds. The molecule has 0 spiro atoms. The molecular formula is C29H30F6O3. The Morgan fingerprint density at radius 1 is 0.632 bits per heavy atom. The number of benzene rings is 3. The lowest BCUT2D eigenvalue weighted by atomic mass is 9.85. The SMILES string of the molecule is CCCc1cc(C(O)(C(F)(F)F)C(F)(F)F)ccc1-c1cc(CCc2ccc(CO)c(CO)c2)ccc1C. The zero-order chi connectivity index (χ0) is 28.3. The number of alkyl halides is 6. The molecule has 0 fully saturated rings. The average Bonchev–Trinajstić information content (AvgIpc) is 2.86. The Morgan fingerprint density at radius 3 is 1.76 bits per heavy atom. The monoisotopic (exact) mass is 540 g/mol. The molecule has 0 aliphatic rings. The minimum absolute atomic E-state index is 0.181. The van der Waals surface area contributed by atoms with Crippen LogP contribution in [0.2, 0.25) is 0 Å². The predicted octanol–water partition coefficient (Wildman–Crippen LogP) is 6.70. The van der Waals surface area contributed by atoms with Gasteiger partial charge in [-0.25, -0.2) is 0 Å². The van der Waals surface area contributed by atoms with E-state index in [1.54, 1.807) is 13.0 Å². The minimum Gasteiger partial charge on any atom is -0.392 e. The fraction of sp³-hybridized carbons (Fsp3) is 0.379. The Bertz CT molecular complexity index is 1250. The van der Waals surface area contributed by atoms with Crippen LogP contribution in [-0.2, 0) is 38.1 Å². The molecule has 0 unspecified atom stereocenters. The van der Waals surface area contributed by atoms with Crippen LogP contribution in [0.1, 0.15) is 52.3 Å². The summed E-state index contributed by atoms with van der Waals surface area (Å²) in [5, 5.41) is 28.8. The summed E-state index contributed by atoms with van der Waals surface area (Å²) in [5.74, 6) is 0. The highest BCUT2D eigenvalue weighted by Crippen LogP contribution is 2.50. The Labute approximate surface area is 217 Å². The van der Waals surface area contributed by atoms with Gasteiger partial charge in [-0.1, -0.05) is 67.9 Å². The molecule has 3 aromatic carbocycles. The summed E-state index contributed by atoms with van der Waals surface area (Å²) in [6, 6.07) is 13.8. The van der Waals surface area contributed by atoms with E-state index in [2.05, 4.69) is 0 Å². The van der Waals surface area contributed by atoms with Gasteiger partial charge in [0.15, 0.2) is 0 Å². The van der Waals surface area contributed by atoms with E-state index in [4.69, 9.17) is 0 Å². The summed E-state index contributed by atoms with van der Waals surface area (Å²) >= 11 is 0. The third-order valence-electron chi connectivity index (χ3n) is 6.77. The molecule has 0 aliphatic carbocycles. The van der Waals surface area contributed by atoms with Crippen molar-refractivity contribution in [1.29, 1.82) is 0 Å². The van der Waals surface area contributed by atoms with Crippen molar-refractivity contribution in [2.75, 3.05) is 0 Å². The zero-order valence-corrected chi connectivity index (χ0v) is 21.0. The molecule has 0 radical (unpaired) electrons. The van der Waals surface area contributed by atoms with Crippen LogP contribution in [-0.4, -0.2) is 27.7 Å². The van der Waals surface area contributed by atoms with E-state index in [9.17, 15) is 41.7 Å². The van der Waals surface area contributed by atoms with E-state index in [-0.39, 0.29) is 25.2 Å². The molecule has 3 nitrogen and oxygen atoms in total. The second-order valence-corrected chi connectivity index (χ2v) is 9.40. The lowest BCUT2D eigenvalue weighted by Gasteiger charge is -2.33. The highest BCUT2D eigenvalue weighted by molar-refractivity contribution is 5.72. The standard InChI is InChI=1S/C29H30F6O3/c1-3-4-21-15-24(27(38,28(30,31)32)29(33,34)35)11-12-25(21)26-14-20(6-5-18(26)2)8-7-19-9-10-22(16-36)23(13-19)17-37/h5-6,9-15,36-38H,3-4,7-8,16-17H2,1-2H3. The molecule has 3 N–H and O–H groups in total. The quantitative estimate of drug-likeness (QED) is 0.265. The fourth-order valence-electron chi connectivity index (χ4n) is 4.59. The van der Waals surface area contributed by atoms with Gasteiger partial charge in [0.2, 0.25) is 0 Å². The molecule has 38 heavy (non-hydrogen) atoms. The summed E-state index contributed by atoms with van der Waals surface area (Å²) < 4.78 is 80.8. The number of aliphatic hydroxyl groups is 3. The largest absolute Gasteiger partial charge is 0.430 e. The molecule has 0 bridgehead atoms. The maximum atomic E-state index is 13.5. The first-order valence-corrected chi connectivity index (χ1v) is 12.2. The van der Waals surface area contributed by atoms with Gasteiger partial charge in [0.25, 0.3) is 5.60 Å². The highest BCUT2D eigenvalue weighted by Gasteiger charge is 2.71.